The highest BCUT2D eigenvalue weighted by Gasteiger charge is 2.24. The van der Waals surface area contributed by atoms with Crippen molar-refractivity contribution in [2.45, 2.75) is 19.8 Å². The average molecular weight is 275 g/mol. The van der Waals surface area contributed by atoms with Gasteiger partial charge in [-0.05, 0) is 38.4 Å². The molecule has 1 aromatic carbocycles. The van der Waals surface area contributed by atoms with Crippen LogP contribution in [0.4, 0.5) is 5.69 Å². The zero-order valence-electron chi connectivity index (χ0n) is 11.8. The number of primary amides is 1. The molecule has 5 nitrogen and oxygen atoms in total. The van der Waals surface area contributed by atoms with Crippen LogP contribution in [0.15, 0.2) is 24.3 Å². The van der Waals surface area contributed by atoms with Gasteiger partial charge in [0, 0.05) is 12.2 Å². The number of carbonyl (C=O) groups is 2. The molecule has 5 heteroatoms. The number of aryl methyl sites for hydroxylation is 1. The largest absolute Gasteiger partial charge is 0.369 e. The fourth-order valence-corrected chi connectivity index (χ4v) is 2.47. The highest BCUT2D eigenvalue weighted by atomic mass is 16.2. The summed E-state index contributed by atoms with van der Waals surface area (Å²) >= 11 is 0. The number of hydrogen-bond acceptors (Lipinski definition) is 3. The first-order valence-electron chi connectivity index (χ1n) is 6.93. The van der Waals surface area contributed by atoms with Crippen molar-refractivity contribution in [3.63, 3.8) is 0 Å². The maximum absolute atomic E-state index is 12.0. The second kappa shape index (κ2) is 6.52. The van der Waals surface area contributed by atoms with Crippen molar-refractivity contribution in [1.29, 1.82) is 0 Å². The zero-order chi connectivity index (χ0) is 14.5. The highest BCUT2D eigenvalue weighted by Crippen LogP contribution is 2.16. The van der Waals surface area contributed by atoms with Crippen LogP contribution < -0.4 is 11.1 Å². The maximum atomic E-state index is 12.0. The Balaban J connectivity index is 1.85. The van der Waals surface area contributed by atoms with Gasteiger partial charge in [0.05, 0.1) is 12.5 Å². The van der Waals surface area contributed by atoms with Crippen LogP contribution in [-0.4, -0.2) is 36.3 Å². The van der Waals surface area contributed by atoms with E-state index in [0.717, 1.165) is 30.6 Å². The topological polar surface area (TPSA) is 75.4 Å². The Morgan fingerprint density at radius 3 is 2.70 bits per heavy atom. The van der Waals surface area contributed by atoms with Gasteiger partial charge in [-0.1, -0.05) is 17.7 Å². The second-order valence-electron chi connectivity index (χ2n) is 5.39. The molecule has 1 aliphatic rings. The fourth-order valence-electron chi connectivity index (χ4n) is 2.47. The predicted molar refractivity (Wildman–Crippen MR) is 78.2 cm³/mol. The Hall–Kier alpha value is -1.88. The molecule has 0 saturated carbocycles. The number of nitrogens with one attached hydrogen (secondary N) is 1. The third-order valence-corrected chi connectivity index (χ3v) is 3.61. The van der Waals surface area contributed by atoms with E-state index in [2.05, 4.69) is 5.32 Å². The summed E-state index contributed by atoms with van der Waals surface area (Å²) in [6.45, 7) is 3.72. The summed E-state index contributed by atoms with van der Waals surface area (Å²) in [7, 11) is 0. The van der Waals surface area contributed by atoms with Crippen LogP contribution in [0, 0.1) is 12.8 Å². The molecule has 0 unspecified atom stereocenters. The molecule has 1 aromatic rings. The van der Waals surface area contributed by atoms with Crippen molar-refractivity contribution in [2.24, 2.45) is 11.7 Å². The van der Waals surface area contributed by atoms with Gasteiger partial charge in [0.25, 0.3) is 0 Å². The SMILES string of the molecule is Cc1ccc(NC(=O)CN2CCC[C@@H](C(N)=O)C2)cc1. The normalized spacial score (nSPS) is 19.6. The molecule has 2 rings (SSSR count). The highest BCUT2D eigenvalue weighted by molar-refractivity contribution is 5.92. The molecule has 20 heavy (non-hydrogen) atoms. The van der Waals surface area contributed by atoms with Crippen molar-refractivity contribution in [2.75, 3.05) is 25.0 Å². The standard InChI is InChI=1S/C15H21N3O2/c1-11-4-6-13(7-5-11)17-14(19)10-18-8-2-3-12(9-18)15(16)20/h4-7,12H,2-3,8-10H2,1H3,(H2,16,20)(H,17,19)/t12-/m1/s1. The van der Waals surface area contributed by atoms with Crippen LogP contribution in [-0.2, 0) is 9.59 Å². The van der Waals surface area contributed by atoms with Crippen LogP contribution in [0.25, 0.3) is 0 Å². The molecule has 2 amide bonds. The molecule has 0 radical (unpaired) electrons. The zero-order valence-corrected chi connectivity index (χ0v) is 11.8. The Morgan fingerprint density at radius 2 is 2.05 bits per heavy atom. The van der Waals surface area contributed by atoms with E-state index < -0.39 is 0 Å². The number of carbonyl (C=O) groups excluding carboxylic acids is 2. The smallest absolute Gasteiger partial charge is 0.238 e. The number of anilines is 1. The van der Waals surface area contributed by atoms with E-state index in [9.17, 15) is 9.59 Å². The van der Waals surface area contributed by atoms with E-state index in [1.165, 1.54) is 0 Å². The molecule has 108 valence electrons. The van der Waals surface area contributed by atoms with Gasteiger partial charge >= 0.3 is 0 Å². The predicted octanol–water partition coefficient (Wildman–Crippen LogP) is 1.13. The summed E-state index contributed by atoms with van der Waals surface area (Å²) in [5, 5.41) is 2.86. The third-order valence-electron chi connectivity index (χ3n) is 3.61. The number of benzene rings is 1. The summed E-state index contributed by atoms with van der Waals surface area (Å²) in [6, 6.07) is 7.69. The number of amides is 2. The molecule has 1 aliphatic heterocycles. The molecule has 1 atom stereocenters. The van der Waals surface area contributed by atoms with Gasteiger partial charge in [0.15, 0.2) is 0 Å². The number of nitrogens with zero attached hydrogens (tertiary/aromatic N) is 1. The summed E-state index contributed by atoms with van der Waals surface area (Å²) in [5.41, 5.74) is 7.28. The molecule has 0 bridgehead atoms. The minimum absolute atomic E-state index is 0.0565. The van der Waals surface area contributed by atoms with E-state index in [4.69, 9.17) is 5.73 Å². The Labute approximate surface area is 119 Å². The molecule has 1 saturated heterocycles. The molecule has 0 aliphatic carbocycles. The van der Waals surface area contributed by atoms with Crippen molar-refractivity contribution < 1.29 is 9.59 Å². The molecule has 0 aromatic heterocycles. The fraction of sp³-hybridized carbons (Fsp3) is 0.467. The van der Waals surface area contributed by atoms with Crippen LogP contribution in [0.5, 0.6) is 0 Å². The van der Waals surface area contributed by atoms with E-state index in [0.29, 0.717) is 13.1 Å². The lowest BCUT2D eigenvalue weighted by Gasteiger charge is -2.30. The Bertz CT molecular complexity index is 484. The quantitative estimate of drug-likeness (QED) is 0.865. The van der Waals surface area contributed by atoms with Crippen molar-refractivity contribution >= 4 is 17.5 Å². The number of nitrogens with two attached hydrogens (primary N) is 1. The van der Waals surface area contributed by atoms with E-state index in [-0.39, 0.29) is 17.7 Å². The van der Waals surface area contributed by atoms with Crippen molar-refractivity contribution in [1.82, 2.24) is 4.90 Å². The van der Waals surface area contributed by atoms with Gasteiger partial charge in [0.1, 0.15) is 0 Å². The first kappa shape index (κ1) is 14.5. The van der Waals surface area contributed by atoms with Crippen LogP contribution in [0.3, 0.4) is 0 Å². The average Bonchev–Trinajstić information content (AvgIpc) is 2.41. The van der Waals surface area contributed by atoms with Gasteiger partial charge in [-0.15, -0.1) is 0 Å². The molecule has 3 N–H and O–H groups in total. The second-order valence-corrected chi connectivity index (χ2v) is 5.39. The van der Waals surface area contributed by atoms with Crippen molar-refractivity contribution in [3.05, 3.63) is 29.8 Å². The lowest BCUT2D eigenvalue weighted by Crippen LogP contribution is -2.44. The van der Waals surface area contributed by atoms with Gasteiger partial charge < -0.3 is 11.1 Å². The molecule has 1 fully saturated rings. The number of piperidine rings is 1. The van der Waals surface area contributed by atoms with Crippen molar-refractivity contribution in [3.8, 4) is 0 Å². The minimum Gasteiger partial charge on any atom is -0.369 e. The van der Waals surface area contributed by atoms with Crippen LogP contribution >= 0.6 is 0 Å². The van der Waals surface area contributed by atoms with Gasteiger partial charge in [-0.3, -0.25) is 14.5 Å². The molecule has 0 spiro atoms. The molecular weight excluding hydrogens is 254 g/mol. The maximum Gasteiger partial charge on any atom is 0.238 e. The Morgan fingerprint density at radius 1 is 1.35 bits per heavy atom. The summed E-state index contributed by atoms with van der Waals surface area (Å²) in [5.74, 6) is -0.455. The van der Waals surface area contributed by atoms with E-state index in [1.54, 1.807) is 0 Å². The third kappa shape index (κ3) is 4.06. The van der Waals surface area contributed by atoms with Gasteiger partial charge in [0.2, 0.25) is 11.8 Å². The Kier molecular flexibility index (Phi) is 4.74. The summed E-state index contributed by atoms with van der Waals surface area (Å²) in [4.78, 5) is 25.2. The molecular formula is C15H21N3O2. The summed E-state index contributed by atoms with van der Waals surface area (Å²) in [6.07, 6.45) is 1.73. The van der Waals surface area contributed by atoms with Gasteiger partial charge in [-0.25, -0.2) is 0 Å². The number of hydrogen-bond donors (Lipinski definition) is 2. The van der Waals surface area contributed by atoms with Crippen LogP contribution in [0.2, 0.25) is 0 Å². The number of rotatable bonds is 4. The molecule has 1 heterocycles. The minimum atomic E-state index is -0.270. The van der Waals surface area contributed by atoms with E-state index >= 15 is 0 Å². The first-order valence-corrected chi connectivity index (χ1v) is 6.93. The monoisotopic (exact) mass is 275 g/mol. The summed E-state index contributed by atoms with van der Waals surface area (Å²) < 4.78 is 0. The number of likely N-dealkylation sites (tertiary alicyclic amines) is 1. The lowest BCUT2D eigenvalue weighted by atomic mass is 9.97. The lowest BCUT2D eigenvalue weighted by molar-refractivity contribution is -0.125. The first-order chi connectivity index (χ1) is 9.54. The van der Waals surface area contributed by atoms with Gasteiger partial charge in [-0.2, -0.15) is 0 Å². The van der Waals surface area contributed by atoms with Crippen LogP contribution in [0.1, 0.15) is 18.4 Å². The van der Waals surface area contributed by atoms with E-state index in [1.807, 2.05) is 36.1 Å².